The first-order valence-electron chi connectivity index (χ1n) is 8.89. The summed E-state index contributed by atoms with van der Waals surface area (Å²) in [5, 5.41) is 10.3. The highest BCUT2D eigenvalue weighted by Gasteiger charge is 2.27. The molecule has 2 N–H and O–H groups in total. The number of rotatable bonds is 8. The molecule has 1 heterocycles. The second kappa shape index (κ2) is 10.1. The monoisotopic (exact) mass is 398 g/mol. The lowest BCUT2D eigenvalue weighted by atomic mass is 10.1. The van der Waals surface area contributed by atoms with Crippen LogP contribution in [0.5, 0.6) is 0 Å². The van der Waals surface area contributed by atoms with Gasteiger partial charge in [0.2, 0.25) is 0 Å². The number of guanidine groups is 1. The van der Waals surface area contributed by atoms with Crippen molar-refractivity contribution in [2.75, 3.05) is 13.7 Å². The lowest BCUT2D eigenvalue weighted by Crippen LogP contribution is -2.36. The van der Waals surface area contributed by atoms with E-state index in [9.17, 15) is 13.2 Å². The molecule has 0 radical (unpaired) electrons. The Kier molecular flexibility index (Phi) is 7.86. The molecule has 0 unspecified atom stereocenters. The molecule has 0 aliphatic carbocycles. The molecule has 1 aromatic carbocycles. The Morgan fingerprint density at radius 2 is 1.79 bits per heavy atom. The topological polar surface area (TPSA) is 71.7 Å². The summed E-state index contributed by atoms with van der Waals surface area (Å²) in [6, 6.07) is 9.05. The number of halogens is 3. The van der Waals surface area contributed by atoms with Gasteiger partial charge in [0.15, 0.2) is 11.7 Å². The van der Waals surface area contributed by atoms with Crippen molar-refractivity contribution in [2.45, 2.75) is 45.6 Å². The van der Waals surface area contributed by atoms with Crippen LogP contribution in [0, 0.1) is 0 Å². The van der Waals surface area contributed by atoms with Crippen LogP contribution in [0.2, 0.25) is 0 Å². The molecule has 154 valence electrons. The van der Waals surface area contributed by atoms with E-state index in [1.54, 1.807) is 19.2 Å². The fourth-order valence-electron chi connectivity index (χ4n) is 2.30. The van der Waals surface area contributed by atoms with E-state index in [0.29, 0.717) is 30.5 Å². The highest BCUT2D eigenvalue weighted by atomic mass is 19.4. The summed E-state index contributed by atoms with van der Waals surface area (Å²) >= 11 is 0. The Labute approximate surface area is 162 Å². The molecule has 0 aliphatic rings. The van der Waals surface area contributed by atoms with Crippen LogP contribution in [0.25, 0.3) is 0 Å². The second-order valence-electron chi connectivity index (χ2n) is 6.58. The summed E-state index contributed by atoms with van der Waals surface area (Å²) in [7, 11) is 1.66. The van der Waals surface area contributed by atoms with Crippen molar-refractivity contribution in [3.05, 3.63) is 52.9 Å². The molecule has 28 heavy (non-hydrogen) atoms. The summed E-state index contributed by atoms with van der Waals surface area (Å²) < 4.78 is 46.2. The largest absolute Gasteiger partial charge is 0.411 e. The number of hydrogen-bond acceptors (Lipinski definition) is 4. The van der Waals surface area contributed by atoms with Gasteiger partial charge in [-0.2, -0.15) is 13.2 Å². The van der Waals surface area contributed by atoms with Crippen molar-refractivity contribution in [1.82, 2.24) is 15.8 Å². The summed E-state index contributed by atoms with van der Waals surface area (Å²) in [5.41, 5.74) is 2.55. The van der Waals surface area contributed by atoms with Crippen LogP contribution in [-0.2, 0) is 24.4 Å². The molecule has 0 saturated heterocycles. The van der Waals surface area contributed by atoms with Crippen molar-refractivity contribution in [3.63, 3.8) is 0 Å². The van der Waals surface area contributed by atoms with E-state index in [0.717, 1.165) is 17.0 Å². The van der Waals surface area contributed by atoms with E-state index in [-0.39, 0.29) is 6.61 Å². The van der Waals surface area contributed by atoms with Gasteiger partial charge in [-0.25, -0.2) is 0 Å². The standard InChI is InChI=1S/C19H25F3N4O2/c1-13(2)17-8-16(28-26-17)10-25-18(23-3)24-9-14-4-6-15(7-5-14)11-27-12-19(20,21)22/h4-8,13H,9-12H2,1-3H3,(H2,23,24,25). The minimum atomic E-state index is -4.31. The molecule has 0 bridgehead atoms. The molecular formula is C19H25F3N4O2. The molecule has 2 aromatic rings. The number of ether oxygens (including phenoxy) is 1. The van der Waals surface area contributed by atoms with Gasteiger partial charge in [0.1, 0.15) is 6.61 Å². The molecule has 0 fully saturated rings. The van der Waals surface area contributed by atoms with Crippen LogP contribution in [0.15, 0.2) is 39.8 Å². The maximum absolute atomic E-state index is 12.1. The van der Waals surface area contributed by atoms with Gasteiger partial charge in [-0.3, -0.25) is 4.99 Å². The fourth-order valence-corrected chi connectivity index (χ4v) is 2.30. The van der Waals surface area contributed by atoms with E-state index < -0.39 is 12.8 Å². The van der Waals surface area contributed by atoms with Crippen molar-refractivity contribution in [2.24, 2.45) is 4.99 Å². The third-order valence-corrected chi connectivity index (χ3v) is 3.84. The van der Waals surface area contributed by atoms with Crippen LogP contribution >= 0.6 is 0 Å². The summed E-state index contributed by atoms with van der Waals surface area (Å²) in [5.74, 6) is 1.62. The van der Waals surface area contributed by atoms with Gasteiger partial charge in [-0.05, 0) is 17.0 Å². The van der Waals surface area contributed by atoms with E-state index in [4.69, 9.17) is 4.52 Å². The molecule has 6 nitrogen and oxygen atoms in total. The van der Waals surface area contributed by atoms with Crippen LogP contribution in [-0.4, -0.2) is 30.9 Å². The molecule has 2 rings (SSSR count). The van der Waals surface area contributed by atoms with Crippen LogP contribution in [0.4, 0.5) is 13.2 Å². The average Bonchev–Trinajstić information content (AvgIpc) is 3.11. The summed E-state index contributed by atoms with van der Waals surface area (Å²) in [6.07, 6.45) is -4.31. The van der Waals surface area contributed by atoms with Crippen molar-refractivity contribution in [1.29, 1.82) is 0 Å². The predicted molar refractivity (Wildman–Crippen MR) is 99.8 cm³/mol. The Bertz CT molecular complexity index is 755. The molecular weight excluding hydrogens is 373 g/mol. The number of benzene rings is 1. The van der Waals surface area contributed by atoms with Gasteiger partial charge < -0.3 is 19.9 Å². The Balaban J connectivity index is 1.76. The van der Waals surface area contributed by atoms with Gasteiger partial charge in [-0.15, -0.1) is 0 Å². The van der Waals surface area contributed by atoms with Gasteiger partial charge in [0, 0.05) is 19.7 Å². The van der Waals surface area contributed by atoms with E-state index >= 15 is 0 Å². The predicted octanol–water partition coefficient (Wildman–Crippen LogP) is 3.74. The Hall–Kier alpha value is -2.55. The smallest absolute Gasteiger partial charge is 0.367 e. The molecule has 0 aliphatic heterocycles. The number of nitrogens with one attached hydrogen (secondary N) is 2. The lowest BCUT2D eigenvalue weighted by molar-refractivity contribution is -0.176. The average molecular weight is 398 g/mol. The quantitative estimate of drug-likeness (QED) is 0.524. The fraction of sp³-hybridized carbons (Fsp3) is 0.474. The van der Waals surface area contributed by atoms with Crippen LogP contribution in [0.3, 0.4) is 0 Å². The second-order valence-corrected chi connectivity index (χ2v) is 6.58. The normalized spacial score (nSPS) is 12.5. The van der Waals surface area contributed by atoms with E-state index in [2.05, 4.69) is 25.5 Å². The summed E-state index contributed by atoms with van der Waals surface area (Å²) in [6.45, 7) is 3.73. The molecule has 0 spiro atoms. The third-order valence-electron chi connectivity index (χ3n) is 3.84. The summed E-state index contributed by atoms with van der Waals surface area (Å²) in [4.78, 5) is 4.15. The number of aromatic nitrogens is 1. The van der Waals surface area contributed by atoms with Crippen molar-refractivity contribution in [3.8, 4) is 0 Å². The van der Waals surface area contributed by atoms with E-state index in [1.165, 1.54) is 0 Å². The number of alkyl halides is 3. The van der Waals surface area contributed by atoms with Crippen molar-refractivity contribution >= 4 is 5.96 Å². The lowest BCUT2D eigenvalue weighted by Gasteiger charge is -2.11. The first-order chi connectivity index (χ1) is 13.3. The first-order valence-corrected chi connectivity index (χ1v) is 8.89. The van der Waals surface area contributed by atoms with Crippen molar-refractivity contribution < 1.29 is 22.4 Å². The highest BCUT2D eigenvalue weighted by Crippen LogP contribution is 2.16. The third kappa shape index (κ3) is 7.59. The molecule has 0 amide bonds. The zero-order valence-electron chi connectivity index (χ0n) is 16.1. The maximum Gasteiger partial charge on any atom is 0.411 e. The Morgan fingerprint density at radius 1 is 1.14 bits per heavy atom. The zero-order chi connectivity index (χ0) is 20.6. The molecule has 0 atom stereocenters. The molecule has 9 heteroatoms. The molecule has 1 aromatic heterocycles. The first kappa shape index (κ1) is 21.7. The number of nitrogens with zero attached hydrogens (tertiary/aromatic N) is 2. The van der Waals surface area contributed by atoms with E-state index in [1.807, 2.05) is 32.0 Å². The van der Waals surface area contributed by atoms with Crippen LogP contribution in [0.1, 0.15) is 42.3 Å². The minimum absolute atomic E-state index is 0.0774. The maximum atomic E-state index is 12.1. The Morgan fingerprint density at radius 3 is 2.36 bits per heavy atom. The molecule has 0 saturated carbocycles. The van der Waals surface area contributed by atoms with Gasteiger partial charge in [0.25, 0.3) is 0 Å². The SMILES string of the molecule is CN=C(NCc1ccc(COCC(F)(F)F)cc1)NCc1cc(C(C)C)no1. The highest BCUT2D eigenvalue weighted by molar-refractivity contribution is 5.79. The minimum Gasteiger partial charge on any atom is -0.367 e. The number of aliphatic imine (C=N–C) groups is 1. The van der Waals surface area contributed by atoms with Gasteiger partial charge >= 0.3 is 6.18 Å². The number of hydrogen-bond donors (Lipinski definition) is 2. The van der Waals surface area contributed by atoms with Gasteiger partial charge in [-0.1, -0.05) is 43.3 Å². The zero-order valence-corrected chi connectivity index (χ0v) is 16.1. The van der Waals surface area contributed by atoms with Crippen LogP contribution < -0.4 is 10.6 Å². The van der Waals surface area contributed by atoms with Gasteiger partial charge in [0.05, 0.1) is 18.8 Å².